The smallest absolute Gasteiger partial charge is 0.243 e. The van der Waals surface area contributed by atoms with Gasteiger partial charge in [0.2, 0.25) is 10.0 Å². The molecule has 27 heavy (non-hydrogen) atoms. The molecule has 0 N–H and O–H groups in total. The first kappa shape index (κ1) is 18.5. The average Bonchev–Trinajstić information content (AvgIpc) is 3.15. The quantitative estimate of drug-likeness (QED) is 0.794. The highest BCUT2D eigenvalue weighted by atomic mass is 32.2. The summed E-state index contributed by atoms with van der Waals surface area (Å²) in [4.78, 5) is 5.29. The molecule has 0 unspecified atom stereocenters. The van der Waals surface area contributed by atoms with Gasteiger partial charge in [0.25, 0.3) is 0 Å². The van der Waals surface area contributed by atoms with Crippen molar-refractivity contribution in [3.05, 3.63) is 59.7 Å². The predicted molar refractivity (Wildman–Crippen MR) is 108 cm³/mol. The lowest BCUT2D eigenvalue weighted by Crippen LogP contribution is -2.46. The topological polar surface area (TPSA) is 43.9 Å². The van der Waals surface area contributed by atoms with E-state index in [0.717, 1.165) is 38.3 Å². The first-order valence-corrected chi connectivity index (χ1v) is 11.2. The Morgan fingerprint density at radius 2 is 1.63 bits per heavy atom. The third kappa shape index (κ3) is 3.61. The summed E-state index contributed by atoms with van der Waals surface area (Å²) < 4.78 is 27.6. The van der Waals surface area contributed by atoms with Crippen molar-refractivity contribution in [3.63, 3.8) is 0 Å². The summed E-state index contributed by atoms with van der Waals surface area (Å²) in [6.07, 6.45) is 1.19. The molecule has 6 heteroatoms. The summed E-state index contributed by atoms with van der Waals surface area (Å²) >= 11 is 0. The Balaban J connectivity index is 1.55. The minimum Gasteiger partial charge on any atom is -0.369 e. The van der Waals surface area contributed by atoms with E-state index in [2.05, 4.69) is 34.9 Å². The van der Waals surface area contributed by atoms with Crippen molar-refractivity contribution in [2.45, 2.75) is 31.3 Å². The van der Waals surface area contributed by atoms with Gasteiger partial charge in [0, 0.05) is 45.0 Å². The summed E-state index contributed by atoms with van der Waals surface area (Å²) in [5.41, 5.74) is 3.50. The molecule has 1 saturated heterocycles. The van der Waals surface area contributed by atoms with Gasteiger partial charge in [-0.1, -0.05) is 37.3 Å². The average molecular weight is 386 g/mol. The van der Waals surface area contributed by atoms with Crippen molar-refractivity contribution in [2.24, 2.45) is 0 Å². The lowest BCUT2D eigenvalue weighted by molar-refractivity contribution is 0.258. The van der Waals surface area contributed by atoms with Gasteiger partial charge in [-0.2, -0.15) is 4.31 Å². The van der Waals surface area contributed by atoms with E-state index in [1.165, 1.54) is 17.7 Å². The Bertz CT molecular complexity index is 891. The monoisotopic (exact) mass is 385 g/mol. The molecule has 0 amide bonds. The van der Waals surface area contributed by atoms with Crippen LogP contribution in [-0.2, 0) is 23.1 Å². The number of anilines is 1. The molecule has 4 rings (SSSR count). The van der Waals surface area contributed by atoms with Crippen LogP contribution in [0.5, 0.6) is 0 Å². The zero-order chi connectivity index (χ0) is 18.9. The fourth-order valence-corrected chi connectivity index (χ4v) is 5.52. The number of fused-ring (bicyclic) bond motifs is 1. The molecule has 2 heterocycles. The summed E-state index contributed by atoms with van der Waals surface area (Å²) in [5, 5.41) is 0. The normalized spacial score (nSPS) is 18.6. The summed E-state index contributed by atoms with van der Waals surface area (Å²) in [6.45, 7) is 8.44. The van der Waals surface area contributed by atoms with E-state index in [1.807, 2.05) is 6.07 Å². The van der Waals surface area contributed by atoms with Gasteiger partial charge in [0.1, 0.15) is 0 Å². The maximum absolute atomic E-state index is 13.0. The first-order valence-electron chi connectivity index (χ1n) is 9.73. The molecule has 0 saturated carbocycles. The van der Waals surface area contributed by atoms with E-state index in [4.69, 9.17) is 0 Å². The molecule has 0 atom stereocenters. The molecule has 1 fully saturated rings. The van der Waals surface area contributed by atoms with E-state index >= 15 is 0 Å². The van der Waals surface area contributed by atoms with Crippen molar-refractivity contribution >= 4 is 15.7 Å². The molecule has 0 bridgehead atoms. The fraction of sp³-hybridized carbons (Fsp3) is 0.429. The molecule has 2 aromatic carbocycles. The zero-order valence-corrected chi connectivity index (χ0v) is 16.7. The Morgan fingerprint density at radius 3 is 2.33 bits per heavy atom. The van der Waals surface area contributed by atoms with Crippen LogP contribution in [0.25, 0.3) is 0 Å². The van der Waals surface area contributed by atoms with Crippen molar-refractivity contribution in [3.8, 4) is 0 Å². The Labute approximate surface area is 162 Å². The van der Waals surface area contributed by atoms with Crippen molar-refractivity contribution in [2.75, 3.05) is 37.6 Å². The lowest BCUT2D eigenvalue weighted by atomic mass is 10.1. The highest BCUT2D eigenvalue weighted by Gasteiger charge is 2.33. The third-order valence-electron chi connectivity index (χ3n) is 5.56. The first-order chi connectivity index (χ1) is 13.1. The molecular formula is C21H27N3O2S. The van der Waals surface area contributed by atoms with Crippen LogP contribution in [0, 0.1) is 0 Å². The Hall–Kier alpha value is -1.89. The van der Waals surface area contributed by atoms with Gasteiger partial charge in [-0.15, -0.1) is 0 Å². The van der Waals surface area contributed by atoms with E-state index in [-0.39, 0.29) is 0 Å². The zero-order valence-electron chi connectivity index (χ0n) is 15.8. The highest BCUT2D eigenvalue weighted by molar-refractivity contribution is 7.89. The predicted octanol–water partition coefficient (Wildman–Crippen LogP) is 2.92. The van der Waals surface area contributed by atoms with Gasteiger partial charge in [-0.05, 0) is 42.3 Å². The second-order valence-electron chi connectivity index (χ2n) is 7.33. The molecule has 2 aromatic rings. The molecule has 5 nitrogen and oxygen atoms in total. The van der Waals surface area contributed by atoms with E-state index < -0.39 is 10.0 Å². The van der Waals surface area contributed by atoms with Crippen LogP contribution >= 0.6 is 0 Å². The van der Waals surface area contributed by atoms with Crippen molar-refractivity contribution in [1.82, 2.24) is 9.21 Å². The lowest BCUT2D eigenvalue weighted by Gasteiger charge is -2.37. The molecule has 2 aliphatic heterocycles. The van der Waals surface area contributed by atoms with Crippen LogP contribution in [-0.4, -0.2) is 50.3 Å². The molecule has 2 aliphatic rings. The summed E-state index contributed by atoms with van der Waals surface area (Å²) in [7, 11) is -3.46. The number of hydrogen-bond donors (Lipinski definition) is 0. The maximum Gasteiger partial charge on any atom is 0.243 e. The highest BCUT2D eigenvalue weighted by Crippen LogP contribution is 2.35. The molecule has 0 radical (unpaired) electrons. The van der Waals surface area contributed by atoms with E-state index in [1.54, 1.807) is 28.6 Å². The summed E-state index contributed by atoms with van der Waals surface area (Å²) in [5.74, 6) is 0. The Morgan fingerprint density at radius 1 is 0.889 bits per heavy atom. The maximum atomic E-state index is 13.0. The number of nitrogens with zero attached hydrogens (tertiary/aromatic N) is 3. The minimum atomic E-state index is -3.46. The second-order valence-corrected chi connectivity index (χ2v) is 9.27. The number of benzene rings is 2. The summed E-state index contributed by atoms with van der Waals surface area (Å²) in [6, 6.07) is 15.0. The number of rotatable bonds is 5. The van der Waals surface area contributed by atoms with Crippen LogP contribution in [0.4, 0.5) is 5.69 Å². The van der Waals surface area contributed by atoms with Crippen LogP contribution < -0.4 is 4.90 Å². The van der Waals surface area contributed by atoms with E-state index in [0.29, 0.717) is 18.0 Å². The van der Waals surface area contributed by atoms with Gasteiger partial charge < -0.3 is 4.90 Å². The molecule has 144 valence electrons. The fourth-order valence-electron chi connectivity index (χ4n) is 4.11. The van der Waals surface area contributed by atoms with E-state index in [9.17, 15) is 8.42 Å². The van der Waals surface area contributed by atoms with Crippen LogP contribution in [0.3, 0.4) is 0 Å². The molecule has 0 aliphatic carbocycles. The standard InChI is InChI=1S/C21H27N3O2S/c1-2-11-22-12-14-23(15-13-22)21-10-6-7-18-16-24(17-20(18)21)27(25,26)19-8-4-3-5-9-19/h3-10H,2,11-17H2,1H3. The van der Waals surface area contributed by atoms with Gasteiger partial charge in [-0.25, -0.2) is 8.42 Å². The van der Waals surface area contributed by atoms with Gasteiger partial charge >= 0.3 is 0 Å². The Kier molecular flexibility index (Phi) is 5.21. The van der Waals surface area contributed by atoms with Crippen molar-refractivity contribution < 1.29 is 8.42 Å². The minimum absolute atomic E-state index is 0.368. The second kappa shape index (κ2) is 7.62. The van der Waals surface area contributed by atoms with Crippen molar-refractivity contribution in [1.29, 1.82) is 0 Å². The largest absolute Gasteiger partial charge is 0.369 e. The number of sulfonamides is 1. The molecular weight excluding hydrogens is 358 g/mol. The van der Waals surface area contributed by atoms with Crippen LogP contribution in [0.15, 0.2) is 53.4 Å². The third-order valence-corrected chi connectivity index (χ3v) is 7.37. The van der Waals surface area contributed by atoms with Gasteiger partial charge in [0.05, 0.1) is 4.90 Å². The van der Waals surface area contributed by atoms with Crippen LogP contribution in [0.1, 0.15) is 24.5 Å². The van der Waals surface area contributed by atoms with Crippen LogP contribution in [0.2, 0.25) is 0 Å². The SMILES string of the molecule is CCCN1CCN(c2cccc3c2CN(S(=O)(=O)c2ccccc2)C3)CC1. The number of piperazine rings is 1. The van der Waals surface area contributed by atoms with Gasteiger partial charge in [-0.3, -0.25) is 4.90 Å². The number of hydrogen-bond acceptors (Lipinski definition) is 4. The molecule has 0 spiro atoms. The van der Waals surface area contributed by atoms with Gasteiger partial charge in [0.15, 0.2) is 0 Å². The molecule has 0 aromatic heterocycles.